The largest absolute Gasteiger partial charge is 0.354 e. The van der Waals surface area contributed by atoms with Gasteiger partial charge in [-0.3, -0.25) is 0 Å². The fraction of sp³-hybridized carbons (Fsp3) is 0.600. The Bertz CT molecular complexity index is 282. The molecule has 0 fully saturated rings. The maximum atomic E-state index is 5.68. The van der Waals surface area contributed by atoms with E-state index in [1.54, 1.807) is 12.4 Å². The second-order valence-electron chi connectivity index (χ2n) is 4.10. The topological polar surface area (TPSA) is 37.8 Å². The second kappa shape index (κ2) is 4.60. The number of anilines is 1. The number of hydrogen-bond donors (Lipinski definition) is 1. The number of rotatable bonds is 4. The van der Waals surface area contributed by atoms with E-state index in [1.165, 1.54) is 0 Å². The Kier molecular flexibility index (Phi) is 3.69. The van der Waals surface area contributed by atoms with Crippen molar-refractivity contribution < 1.29 is 0 Å². The Morgan fingerprint density at radius 1 is 1.36 bits per heavy atom. The maximum absolute atomic E-state index is 5.68. The first-order valence-corrected chi connectivity index (χ1v) is 5.13. The first-order valence-electron chi connectivity index (χ1n) is 4.75. The minimum atomic E-state index is 0.267. The first kappa shape index (κ1) is 11.2. The molecule has 14 heavy (non-hydrogen) atoms. The van der Waals surface area contributed by atoms with Gasteiger partial charge in [-0.1, -0.05) is 32.4 Å². The van der Waals surface area contributed by atoms with Crippen molar-refractivity contribution >= 4 is 17.5 Å². The standard InChI is InChI=1S/C10H16ClN3/c1-4-10(2,3)7-14-9-12-5-8(11)6-13-9/h5-6H,4,7H2,1-3H3,(H,12,13,14). The Balaban J connectivity index is 2.50. The molecule has 0 spiro atoms. The summed E-state index contributed by atoms with van der Waals surface area (Å²) < 4.78 is 0. The molecule has 0 aliphatic rings. The highest BCUT2D eigenvalue weighted by Crippen LogP contribution is 2.19. The van der Waals surface area contributed by atoms with E-state index in [2.05, 4.69) is 36.1 Å². The van der Waals surface area contributed by atoms with Crippen LogP contribution in [-0.4, -0.2) is 16.5 Å². The van der Waals surface area contributed by atoms with Crippen molar-refractivity contribution in [1.29, 1.82) is 0 Å². The van der Waals surface area contributed by atoms with Gasteiger partial charge in [-0.25, -0.2) is 9.97 Å². The van der Waals surface area contributed by atoms with Crippen LogP contribution in [0.5, 0.6) is 0 Å². The summed E-state index contributed by atoms with van der Waals surface area (Å²) in [7, 11) is 0. The molecule has 0 saturated heterocycles. The highest BCUT2D eigenvalue weighted by Gasteiger charge is 2.14. The van der Waals surface area contributed by atoms with Gasteiger partial charge in [0, 0.05) is 6.54 Å². The molecule has 1 N–H and O–H groups in total. The quantitative estimate of drug-likeness (QED) is 0.836. The van der Waals surface area contributed by atoms with Gasteiger partial charge in [0.1, 0.15) is 0 Å². The van der Waals surface area contributed by atoms with Crippen molar-refractivity contribution in [2.75, 3.05) is 11.9 Å². The predicted molar refractivity (Wildman–Crippen MR) is 59.6 cm³/mol. The summed E-state index contributed by atoms with van der Waals surface area (Å²) >= 11 is 5.68. The van der Waals surface area contributed by atoms with Crippen LogP contribution in [0.1, 0.15) is 27.2 Å². The molecule has 0 aliphatic carbocycles. The number of nitrogens with zero attached hydrogens (tertiary/aromatic N) is 2. The smallest absolute Gasteiger partial charge is 0.222 e. The third-order valence-electron chi connectivity index (χ3n) is 2.30. The molecule has 0 radical (unpaired) electrons. The molecule has 0 saturated carbocycles. The van der Waals surface area contributed by atoms with Crippen LogP contribution < -0.4 is 5.32 Å². The van der Waals surface area contributed by atoms with Gasteiger partial charge in [-0.15, -0.1) is 0 Å². The van der Waals surface area contributed by atoms with Gasteiger partial charge in [0.05, 0.1) is 17.4 Å². The first-order chi connectivity index (χ1) is 6.53. The van der Waals surface area contributed by atoms with E-state index >= 15 is 0 Å². The van der Waals surface area contributed by atoms with Crippen LogP contribution in [0.15, 0.2) is 12.4 Å². The fourth-order valence-electron chi connectivity index (χ4n) is 0.847. The zero-order chi connectivity index (χ0) is 10.6. The molecule has 0 bridgehead atoms. The van der Waals surface area contributed by atoms with Crippen LogP contribution in [0.4, 0.5) is 5.95 Å². The summed E-state index contributed by atoms with van der Waals surface area (Å²) in [5.41, 5.74) is 0.267. The van der Waals surface area contributed by atoms with Crippen molar-refractivity contribution in [3.8, 4) is 0 Å². The van der Waals surface area contributed by atoms with E-state index in [0.717, 1.165) is 13.0 Å². The SMILES string of the molecule is CCC(C)(C)CNc1ncc(Cl)cn1. The molecule has 0 aliphatic heterocycles. The van der Waals surface area contributed by atoms with Crippen molar-refractivity contribution in [2.24, 2.45) is 5.41 Å². The summed E-state index contributed by atoms with van der Waals surface area (Å²) in [4.78, 5) is 8.12. The van der Waals surface area contributed by atoms with Gasteiger partial charge in [0.15, 0.2) is 0 Å². The molecule has 4 heteroatoms. The fourth-order valence-corrected chi connectivity index (χ4v) is 0.944. The molecular formula is C10H16ClN3. The second-order valence-corrected chi connectivity index (χ2v) is 4.53. The Hall–Kier alpha value is -0.830. The van der Waals surface area contributed by atoms with E-state index in [9.17, 15) is 0 Å². The lowest BCUT2D eigenvalue weighted by Crippen LogP contribution is -2.22. The highest BCUT2D eigenvalue weighted by molar-refractivity contribution is 6.30. The third kappa shape index (κ3) is 3.50. The summed E-state index contributed by atoms with van der Waals surface area (Å²) in [6, 6.07) is 0. The minimum Gasteiger partial charge on any atom is -0.354 e. The van der Waals surface area contributed by atoms with Gasteiger partial charge >= 0.3 is 0 Å². The van der Waals surface area contributed by atoms with Crippen molar-refractivity contribution in [1.82, 2.24) is 9.97 Å². The monoisotopic (exact) mass is 213 g/mol. The molecule has 0 unspecified atom stereocenters. The number of hydrogen-bond acceptors (Lipinski definition) is 3. The lowest BCUT2D eigenvalue weighted by Gasteiger charge is -2.22. The van der Waals surface area contributed by atoms with Crippen LogP contribution >= 0.6 is 11.6 Å². The van der Waals surface area contributed by atoms with E-state index in [0.29, 0.717) is 11.0 Å². The number of aromatic nitrogens is 2. The van der Waals surface area contributed by atoms with Gasteiger partial charge in [-0.2, -0.15) is 0 Å². The zero-order valence-corrected chi connectivity index (χ0v) is 9.60. The molecule has 1 heterocycles. The molecule has 1 aromatic heterocycles. The van der Waals surface area contributed by atoms with Crippen LogP contribution in [0.3, 0.4) is 0 Å². The van der Waals surface area contributed by atoms with Gasteiger partial charge < -0.3 is 5.32 Å². The Morgan fingerprint density at radius 3 is 2.43 bits per heavy atom. The summed E-state index contributed by atoms with van der Waals surface area (Å²) in [5, 5.41) is 3.74. The summed E-state index contributed by atoms with van der Waals surface area (Å²) in [6.07, 6.45) is 4.30. The molecule has 1 aromatic rings. The van der Waals surface area contributed by atoms with Crippen molar-refractivity contribution in [3.05, 3.63) is 17.4 Å². The van der Waals surface area contributed by atoms with Crippen LogP contribution in [-0.2, 0) is 0 Å². The highest BCUT2D eigenvalue weighted by atomic mass is 35.5. The summed E-state index contributed by atoms with van der Waals surface area (Å²) in [5.74, 6) is 0.635. The molecule has 3 nitrogen and oxygen atoms in total. The van der Waals surface area contributed by atoms with E-state index in [-0.39, 0.29) is 5.41 Å². The van der Waals surface area contributed by atoms with Crippen molar-refractivity contribution in [2.45, 2.75) is 27.2 Å². The molecule has 0 aromatic carbocycles. The third-order valence-corrected chi connectivity index (χ3v) is 2.50. The molecule has 1 rings (SSSR count). The van der Waals surface area contributed by atoms with E-state index in [1.807, 2.05) is 0 Å². The average Bonchev–Trinajstić information content (AvgIpc) is 2.17. The van der Waals surface area contributed by atoms with Gasteiger partial charge in [0.25, 0.3) is 0 Å². The Labute approximate surface area is 89.9 Å². The Morgan fingerprint density at radius 2 is 1.93 bits per heavy atom. The normalized spacial score (nSPS) is 11.4. The molecular weight excluding hydrogens is 198 g/mol. The number of halogens is 1. The van der Waals surface area contributed by atoms with Crippen molar-refractivity contribution in [3.63, 3.8) is 0 Å². The molecule has 0 amide bonds. The molecule has 0 atom stereocenters. The average molecular weight is 214 g/mol. The predicted octanol–water partition coefficient (Wildman–Crippen LogP) is 2.98. The number of nitrogens with one attached hydrogen (secondary N) is 1. The lowest BCUT2D eigenvalue weighted by molar-refractivity contribution is 0.376. The van der Waals surface area contributed by atoms with E-state index in [4.69, 9.17) is 11.6 Å². The maximum Gasteiger partial charge on any atom is 0.222 e. The van der Waals surface area contributed by atoms with Gasteiger partial charge in [0.2, 0.25) is 5.95 Å². The van der Waals surface area contributed by atoms with Crippen LogP contribution in [0.25, 0.3) is 0 Å². The van der Waals surface area contributed by atoms with Crippen LogP contribution in [0, 0.1) is 5.41 Å². The zero-order valence-electron chi connectivity index (χ0n) is 8.84. The minimum absolute atomic E-state index is 0.267. The van der Waals surface area contributed by atoms with E-state index < -0.39 is 0 Å². The van der Waals surface area contributed by atoms with Gasteiger partial charge in [-0.05, 0) is 11.8 Å². The lowest BCUT2D eigenvalue weighted by atomic mass is 9.90. The van der Waals surface area contributed by atoms with Crippen LogP contribution in [0.2, 0.25) is 5.02 Å². The summed E-state index contributed by atoms with van der Waals surface area (Å²) in [6.45, 7) is 7.45. The molecule has 78 valence electrons.